The van der Waals surface area contributed by atoms with E-state index in [-0.39, 0.29) is 35.5 Å². The maximum Gasteiger partial charge on any atom is 0.261 e. The fraction of sp³-hybridized carbons (Fsp3) is 0.333. The Morgan fingerprint density at radius 1 is 1.03 bits per heavy atom. The molecule has 1 aliphatic heterocycles. The van der Waals surface area contributed by atoms with E-state index in [4.69, 9.17) is 0 Å². The van der Waals surface area contributed by atoms with Crippen LogP contribution in [0.4, 0.5) is 0 Å². The van der Waals surface area contributed by atoms with Gasteiger partial charge in [-0.3, -0.25) is 9.59 Å². The zero-order valence-electron chi connectivity index (χ0n) is 21.9. The van der Waals surface area contributed by atoms with E-state index in [9.17, 15) is 18.0 Å². The minimum absolute atomic E-state index is 0.105. The molecule has 1 fully saturated rings. The van der Waals surface area contributed by atoms with E-state index < -0.39 is 27.8 Å². The van der Waals surface area contributed by atoms with Gasteiger partial charge in [0, 0.05) is 12.2 Å². The Balaban J connectivity index is 1.61. The van der Waals surface area contributed by atoms with Crippen LogP contribution in [-0.2, 0) is 19.6 Å². The molecule has 0 aliphatic carbocycles. The number of carbonyl (C=O) groups excluding carboxylic acids is 2. The first-order chi connectivity index (χ1) is 18.2. The Morgan fingerprint density at radius 3 is 2.42 bits per heavy atom. The molecule has 8 heteroatoms. The number of hydrogen-bond acceptors (Lipinski definition) is 5. The molecule has 1 saturated heterocycles. The number of aliphatic imine (C=N–C) groups is 1. The number of aromatic nitrogens is 1. The molecule has 1 amide bonds. The van der Waals surface area contributed by atoms with Crippen LogP contribution in [0.2, 0.25) is 0 Å². The third-order valence-electron chi connectivity index (χ3n) is 6.77. The second-order valence-electron chi connectivity index (χ2n) is 10.1. The lowest BCUT2D eigenvalue weighted by atomic mass is 9.88. The van der Waals surface area contributed by atoms with Crippen molar-refractivity contribution in [1.82, 2.24) is 9.29 Å². The number of pyridine rings is 1. The first kappa shape index (κ1) is 27.5. The van der Waals surface area contributed by atoms with Crippen LogP contribution in [-0.4, -0.2) is 47.7 Å². The Labute approximate surface area is 224 Å². The molecule has 0 bridgehead atoms. The normalized spacial score (nSPS) is 18.9. The van der Waals surface area contributed by atoms with E-state index in [0.717, 1.165) is 16.7 Å². The van der Waals surface area contributed by atoms with Gasteiger partial charge in [-0.1, -0.05) is 74.5 Å². The number of hydrogen-bond donors (Lipinski definition) is 0. The summed E-state index contributed by atoms with van der Waals surface area (Å²) in [5, 5.41) is -0.105. The Morgan fingerprint density at radius 2 is 1.74 bits per heavy atom. The summed E-state index contributed by atoms with van der Waals surface area (Å²) < 4.78 is 27.6. The second-order valence-corrected chi connectivity index (χ2v) is 11.9. The molecule has 0 spiro atoms. The van der Waals surface area contributed by atoms with E-state index >= 15 is 0 Å². The van der Waals surface area contributed by atoms with Gasteiger partial charge in [-0.25, -0.2) is 18.4 Å². The molecule has 38 heavy (non-hydrogen) atoms. The number of ketones is 1. The molecule has 0 unspecified atom stereocenters. The number of nitrogens with zero attached hydrogens (tertiary/aromatic N) is 3. The van der Waals surface area contributed by atoms with Gasteiger partial charge < -0.3 is 0 Å². The van der Waals surface area contributed by atoms with Crippen molar-refractivity contribution in [2.24, 2.45) is 10.9 Å². The van der Waals surface area contributed by atoms with Crippen LogP contribution < -0.4 is 0 Å². The number of rotatable bonds is 7. The zero-order valence-corrected chi connectivity index (χ0v) is 22.8. The van der Waals surface area contributed by atoms with Crippen LogP contribution in [0.5, 0.6) is 0 Å². The van der Waals surface area contributed by atoms with Crippen LogP contribution in [0.25, 0.3) is 11.1 Å². The van der Waals surface area contributed by atoms with Crippen molar-refractivity contribution in [2.45, 2.75) is 57.0 Å². The van der Waals surface area contributed by atoms with Gasteiger partial charge in [0.1, 0.15) is 0 Å². The third-order valence-corrected chi connectivity index (χ3v) is 8.65. The molecule has 2 atom stereocenters. The van der Waals surface area contributed by atoms with E-state index in [1.54, 1.807) is 19.1 Å². The molecule has 0 N–H and O–H groups in total. The maximum absolute atomic E-state index is 13.6. The molecule has 3 aromatic rings. The van der Waals surface area contributed by atoms with E-state index in [1.165, 1.54) is 16.6 Å². The van der Waals surface area contributed by atoms with Crippen molar-refractivity contribution in [3.8, 4) is 11.1 Å². The van der Waals surface area contributed by atoms with Crippen LogP contribution >= 0.6 is 0 Å². The Hall–Kier alpha value is -3.49. The highest BCUT2D eigenvalue weighted by atomic mass is 32.2. The second kappa shape index (κ2) is 11.9. The summed E-state index contributed by atoms with van der Waals surface area (Å²) in [6, 6.07) is 22.0. The van der Waals surface area contributed by atoms with Gasteiger partial charge in [0.2, 0.25) is 0 Å². The molecule has 2 heterocycles. The maximum atomic E-state index is 13.6. The third kappa shape index (κ3) is 6.31. The predicted octanol–water partition coefficient (Wildman–Crippen LogP) is 5.29. The molecule has 0 saturated carbocycles. The average Bonchev–Trinajstić information content (AvgIpc) is 3.06. The molecular formula is C30H33N3O4S. The fourth-order valence-electron chi connectivity index (χ4n) is 4.70. The lowest BCUT2D eigenvalue weighted by molar-refractivity contribution is -0.120. The molecule has 1 aliphatic rings. The Kier molecular flexibility index (Phi) is 8.64. The largest absolute Gasteiger partial charge is 0.291 e. The summed E-state index contributed by atoms with van der Waals surface area (Å²) in [7, 11) is -3.96. The van der Waals surface area contributed by atoms with Crippen molar-refractivity contribution in [3.05, 3.63) is 84.6 Å². The summed E-state index contributed by atoms with van der Waals surface area (Å²) in [6.07, 6.45) is 2.60. The van der Waals surface area contributed by atoms with Crippen molar-refractivity contribution in [1.29, 1.82) is 0 Å². The van der Waals surface area contributed by atoms with Gasteiger partial charge in [0.25, 0.3) is 15.9 Å². The summed E-state index contributed by atoms with van der Waals surface area (Å²) in [5.41, 5.74) is 3.04. The van der Waals surface area contributed by atoms with Crippen LogP contribution in [0, 0.1) is 5.92 Å². The smallest absolute Gasteiger partial charge is 0.261 e. The van der Waals surface area contributed by atoms with Gasteiger partial charge >= 0.3 is 0 Å². The first-order valence-electron chi connectivity index (χ1n) is 12.9. The highest BCUT2D eigenvalue weighted by Gasteiger charge is 2.36. The Bertz CT molecular complexity index is 1420. The van der Waals surface area contributed by atoms with Gasteiger partial charge in [-0.05, 0) is 60.9 Å². The number of benzene rings is 2. The summed E-state index contributed by atoms with van der Waals surface area (Å²) in [4.78, 5) is 35.0. The van der Waals surface area contributed by atoms with E-state index in [0.29, 0.717) is 12.8 Å². The molecule has 4 rings (SSSR count). The van der Waals surface area contributed by atoms with Crippen molar-refractivity contribution in [3.63, 3.8) is 0 Å². The molecule has 7 nitrogen and oxygen atoms in total. The highest BCUT2D eigenvalue weighted by molar-refractivity contribution is 7.89. The summed E-state index contributed by atoms with van der Waals surface area (Å²) in [6.45, 7) is 5.49. The van der Waals surface area contributed by atoms with Gasteiger partial charge in [-0.15, -0.1) is 0 Å². The predicted molar refractivity (Wildman–Crippen MR) is 148 cm³/mol. The van der Waals surface area contributed by atoms with E-state index in [2.05, 4.69) is 9.98 Å². The molecule has 0 radical (unpaired) electrons. The number of sulfonamides is 1. The SMILES string of the molecule is CC(C)C[C@@H](C(=O)N=C1CC[C@@H](C)N(S(=O)(=O)c2ccccn2)CC1=O)c1cccc(-c2ccccc2)c1. The quantitative estimate of drug-likeness (QED) is 0.413. The minimum Gasteiger partial charge on any atom is -0.291 e. The fourth-order valence-corrected chi connectivity index (χ4v) is 6.26. The lowest BCUT2D eigenvalue weighted by Gasteiger charge is -2.24. The van der Waals surface area contributed by atoms with Gasteiger partial charge in [-0.2, -0.15) is 4.31 Å². The van der Waals surface area contributed by atoms with Crippen LogP contribution in [0.3, 0.4) is 0 Å². The monoisotopic (exact) mass is 531 g/mol. The average molecular weight is 532 g/mol. The van der Waals surface area contributed by atoms with Crippen molar-refractivity contribution < 1.29 is 18.0 Å². The van der Waals surface area contributed by atoms with Crippen LogP contribution in [0.15, 0.2) is 89.0 Å². The molecule has 198 valence electrons. The molecule has 1 aromatic heterocycles. The number of carbonyl (C=O) groups is 2. The van der Waals surface area contributed by atoms with E-state index in [1.807, 2.05) is 68.4 Å². The van der Waals surface area contributed by atoms with Gasteiger partial charge in [0.15, 0.2) is 10.8 Å². The number of amides is 1. The highest BCUT2D eigenvalue weighted by Crippen LogP contribution is 2.30. The first-order valence-corrected chi connectivity index (χ1v) is 14.3. The topological polar surface area (TPSA) is 96.8 Å². The zero-order chi connectivity index (χ0) is 27.3. The number of Topliss-reactive ketones (excluding diaryl/α,β-unsaturated/α-hetero) is 1. The van der Waals surface area contributed by atoms with Crippen LogP contribution in [0.1, 0.15) is 51.5 Å². The lowest BCUT2D eigenvalue weighted by Crippen LogP contribution is -2.41. The minimum atomic E-state index is -3.96. The van der Waals surface area contributed by atoms with Crippen molar-refractivity contribution in [2.75, 3.05) is 6.54 Å². The summed E-state index contributed by atoms with van der Waals surface area (Å²) >= 11 is 0. The molecule has 2 aromatic carbocycles. The van der Waals surface area contributed by atoms with Gasteiger partial charge in [0.05, 0.1) is 18.2 Å². The standard InChI is InChI=1S/C30H33N3O4S/c1-21(2)18-26(25-13-9-12-24(19-25)23-10-5-4-6-11-23)30(35)32-27-16-15-22(3)33(20-28(27)34)38(36,37)29-14-7-8-17-31-29/h4-14,17,19,21-22,26H,15-16,18,20H2,1-3H3/t22-,26-/m1/s1. The summed E-state index contributed by atoms with van der Waals surface area (Å²) in [5.74, 6) is -1.11. The van der Waals surface area contributed by atoms with Crippen molar-refractivity contribution >= 4 is 27.4 Å². The molecular weight excluding hydrogens is 498 g/mol.